The van der Waals surface area contributed by atoms with Crippen LogP contribution in [0.1, 0.15) is 22.8 Å². The first-order valence-corrected chi connectivity index (χ1v) is 9.76. The van der Waals surface area contributed by atoms with E-state index in [0.717, 1.165) is 44.2 Å². The lowest BCUT2D eigenvalue weighted by Gasteiger charge is -2.37. The van der Waals surface area contributed by atoms with Crippen LogP contribution in [0.5, 0.6) is 0 Å². The second-order valence-corrected chi connectivity index (χ2v) is 7.09. The Morgan fingerprint density at radius 3 is 2.63 bits per heavy atom. The van der Waals surface area contributed by atoms with E-state index in [1.54, 1.807) is 17.4 Å². The Morgan fingerprint density at radius 1 is 1.22 bits per heavy atom. The Morgan fingerprint density at radius 2 is 2.00 bits per heavy atom. The molecule has 3 rings (SSSR count). The van der Waals surface area contributed by atoms with Crippen molar-refractivity contribution in [2.75, 3.05) is 37.6 Å². The van der Waals surface area contributed by atoms with Crippen molar-refractivity contribution in [3.05, 3.63) is 52.9 Å². The van der Waals surface area contributed by atoms with Gasteiger partial charge in [-0.05, 0) is 42.1 Å². The smallest absolute Gasteiger partial charge is 0.248 e. The Labute approximate surface area is 181 Å². The van der Waals surface area contributed by atoms with E-state index in [2.05, 4.69) is 39.6 Å². The molecule has 2 aromatic rings. The monoisotopic (exact) mass is 499 g/mol. The van der Waals surface area contributed by atoms with Crippen LogP contribution in [0.3, 0.4) is 0 Å². The molecule has 146 valence electrons. The summed E-state index contributed by atoms with van der Waals surface area (Å²) in [4.78, 5) is 20.8. The van der Waals surface area contributed by atoms with Crippen LogP contribution in [0.2, 0.25) is 0 Å². The maximum atomic E-state index is 11.3. The Bertz CT molecular complexity index is 757. The van der Waals surface area contributed by atoms with Crippen molar-refractivity contribution >= 4 is 52.2 Å². The molecule has 27 heavy (non-hydrogen) atoms. The molecule has 2 heterocycles. The molecule has 1 aromatic heterocycles. The molecule has 0 unspecified atom stereocenters. The molecule has 1 amide bonds. The van der Waals surface area contributed by atoms with Gasteiger partial charge in [-0.1, -0.05) is 12.1 Å². The number of rotatable bonds is 5. The van der Waals surface area contributed by atoms with Crippen molar-refractivity contribution in [1.82, 2.24) is 10.2 Å². The standard InChI is InChI=1S/C19H25N5OS.HI/c1-2-21-19(22-14-15-5-3-6-16(13-15)18(20)25)24-10-8-23(9-11-24)17-7-4-12-26-17;/h3-7,12-13H,2,8-11,14H2,1H3,(H2,20,25)(H,21,22);1H. The molecule has 1 fully saturated rings. The lowest BCUT2D eigenvalue weighted by molar-refractivity contribution is 0.1000. The number of guanidine groups is 1. The van der Waals surface area contributed by atoms with Crippen molar-refractivity contribution in [3.63, 3.8) is 0 Å². The quantitative estimate of drug-likeness (QED) is 0.377. The number of primary amides is 1. The number of hydrogen-bond acceptors (Lipinski definition) is 4. The Balaban J connectivity index is 0.00000261. The minimum Gasteiger partial charge on any atom is -0.366 e. The van der Waals surface area contributed by atoms with Crippen molar-refractivity contribution in [3.8, 4) is 0 Å². The highest BCUT2D eigenvalue weighted by atomic mass is 127. The molecule has 0 aliphatic carbocycles. The topological polar surface area (TPSA) is 74.0 Å². The first kappa shape index (κ1) is 21.5. The van der Waals surface area contributed by atoms with E-state index in [1.807, 2.05) is 18.2 Å². The van der Waals surface area contributed by atoms with Crippen LogP contribution in [-0.4, -0.2) is 49.5 Å². The first-order valence-electron chi connectivity index (χ1n) is 8.88. The van der Waals surface area contributed by atoms with Gasteiger partial charge in [0.1, 0.15) is 0 Å². The van der Waals surface area contributed by atoms with Crippen LogP contribution in [0.4, 0.5) is 5.00 Å². The van der Waals surface area contributed by atoms with Crippen LogP contribution in [0.15, 0.2) is 46.8 Å². The molecule has 0 bridgehead atoms. The van der Waals surface area contributed by atoms with Gasteiger partial charge in [0.15, 0.2) is 5.96 Å². The van der Waals surface area contributed by atoms with Crippen LogP contribution >= 0.6 is 35.3 Å². The molecule has 1 aliphatic heterocycles. The Hall–Kier alpha value is -1.81. The molecule has 0 saturated carbocycles. The number of halogens is 1. The molecule has 3 N–H and O–H groups in total. The summed E-state index contributed by atoms with van der Waals surface area (Å²) < 4.78 is 0. The second-order valence-electron chi connectivity index (χ2n) is 6.16. The lowest BCUT2D eigenvalue weighted by Crippen LogP contribution is -2.52. The highest BCUT2D eigenvalue weighted by Crippen LogP contribution is 2.22. The van der Waals surface area contributed by atoms with E-state index in [9.17, 15) is 4.79 Å². The summed E-state index contributed by atoms with van der Waals surface area (Å²) in [5.74, 6) is 0.509. The largest absolute Gasteiger partial charge is 0.366 e. The minimum absolute atomic E-state index is 0. The zero-order valence-electron chi connectivity index (χ0n) is 15.4. The average Bonchev–Trinajstić information content (AvgIpc) is 3.20. The van der Waals surface area contributed by atoms with E-state index in [-0.39, 0.29) is 24.0 Å². The molecule has 0 radical (unpaired) electrons. The molecular formula is C19H26IN5OS. The predicted molar refractivity (Wildman–Crippen MR) is 123 cm³/mol. The summed E-state index contributed by atoms with van der Waals surface area (Å²) in [6.45, 7) is 7.27. The van der Waals surface area contributed by atoms with Crippen LogP contribution in [-0.2, 0) is 6.54 Å². The number of hydrogen-bond donors (Lipinski definition) is 2. The van der Waals surface area contributed by atoms with E-state index in [4.69, 9.17) is 10.7 Å². The third-order valence-electron chi connectivity index (χ3n) is 4.35. The summed E-state index contributed by atoms with van der Waals surface area (Å²) in [6.07, 6.45) is 0. The fourth-order valence-electron chi connectivity index (χ4n) is 3.00. The molecule has 1 aliphatic rings. The van der Waals surface area contributed by atoms with Crippen LogP contribution < -0.4 is 16.0 Å². The van der Waals surface area contributed by atoms with Gasteiger partial charge >= 0.3 is 0 Å². The number of anilines is 1. The molecule has 1 aromatic carbocycles. The number of piperazine rings is 1. The van der Waals surface area contributed by atoms with Crippen molar-refractivity contribution < 1.29 is 4.79 Å². The van der Waals surface area contributed by atoms with Crippen LogP contribution in [0, 0.1) is 0 Å². The summed E-state index contributed by atoms with van der Waals surface area (Å²) >= 11 is 1.78. The molecule has 8 heteroatoms. The SMILES string of the molecule is CCNC(=NCc1cccc(C(N)=O)c1)N1CCN(c2cccs2)CC1.I. The number of nitrogens with one attached hydrogen (secondary N) is 1. The zero-order valence-corrected chi connectivity index (χ0v) is 18.6. The average molecular weight is 499 g/mol. The van der Waals surface area contributed by atoms with Crippen LogP contribution in [0.25, 0.3) is 0 Å². The third kappa shape index (κ3) is 5.83. The second kappa shape index (κ2) is 10.5. The predicted octanol–water partition coefficient (Wildman–Crippen LogP) is 2.75. The number of carbonyl (C=O) groups excluding carboxylic acids is 1. The summed E-state index contributed by atoms with van der Waals surface area (Å²) in [5, 5.41) is 6.82. The summed E-state index contributed by atoms with van der Waals surface area (Å²) in [5.41, 5.74) is 6.86. The van der Waals surface area contributed by atoms with E-state index < -0.39 is 5.91 Å². The number of nitrogens with zero attached hydrogens (tertiary/aromatic N) is 3. The number of carbonyl (C=O) groups is 1. The number of nitrogens with two attached hydrogens (primary N) is 1. The van der Waals surface area contributed by atoms with Gasteiger partial charge in [-0.3, -0.25) is 4.79 Å². The van der Waals surface area contributed by atoms with E-state index in [1.165, 1.54) is 5.00 Å². The van der Waals surface area contributed by atoms with E-state index >= 15 is 0 Å². The lowest BCUT2D eigenvalue weighted by atomic mass is 10.1. The summed E-state index contributed by atoms with van der Waals surface area (Å²) in [7, 11) is 0. The van der Waals surface area contributed by atoms with Crippen molar-refractivity contribution in [1.29, 1.82) is 0 Å². The number of aliphatic imine (C=N–C) groups is 1. The van der Waals surface area contributed by atoms with Gasteiger partial charge in [-0.15, -0.1) is 35.3 Å². The van der Waals surface area contributed by atoms with Crippen molar-refractivity contribution in [2.24, 2.45) is 10.7 Å². The number of amides is 1. The highest BCUT2D eigenvalue weighted by Gasteiger charge is 2.20. The van der Waals surface area contributed by atoms with Gasteiger partial charge in [0, 0.05) is 38.3 Å². The normalized spacial score (nSPS) is 14.6. The van der Waals surface area contributed by atoms with Gasteiger partial charge in [0.2, 0.25) is 5.91 Å². The molecule has 0 spiro atoms. The Kier molecular flexibility index (Phi) is 8.36. The molecular weight excluding hydrogens is 473 g/mol. The van der Waals surface area contributed by atoms with Gasteiger partial charge in [-0.2, -0.15) is 0 Å². The van der Waals surface area contributed by atoms with Crippen molar-refractivity contribution in [2.45, 2.75) is 13.5 Å². The number of thiophene rings is 1. The van der Waals surface area contributed by atoms with Gasteiger partial charge in [-0.25, -0.2) is 4.99 Å². The molecule has 6 nitrogen and oxygen atoms in total. The zero-order chi connectivity index (χ0) is 18.4. The molecule has 0 atom stereocenters. The highest BCUT2D eigenvalue weighted by molar-refractivity contribution is 14.0. The third-order valence-corrected chi connectivity index (χ3v) is 5.28. The minimum atomic E-state index is -0.410. The van der Waals surface area contributed by atoms with E-state index in [0.29, 0.717) is 12.1 Å². The fourth-order valence-corrected chi connectivity index (χ4v) is 3.79. The summed E-state index contributed by atoms with van der Waals surface area (Å²) in [6, 6.07) is 11.6. The maximum absolute atomic E-state index is 11.3. The van der Waals surface area contributed by atoms with Gasteiger partial charge < -0.3 is 20.9 Å². The molecule has 1 saturated heterocycles. The van der Waals surface area contributed by atoms with Gasteiger partial charge in [0.05, 0.1) is 11.5 Å². The maximum Gasteiger partial charge on any atom is 0.248 e. The first-order chi connectivity index (χ1) is 12.7. The number of benzene rings is 1. The van der Waals surface area contributed by atoms with Gasteiger partial charge in [0.25, 0.3) is 0 Å². The fraction of sp³-hybridized carbons (Fsp3) is 0.368.